The fraction of sp³-hybridized carbons (Fsp3) is 0.378. The average Bonchev–Trinajstić information content (AvgIpc) is 1.54. The van der Waals surface area contributed by atoms with Crippen LogP contribution in [-0.4, -0.2) is 58.7 Å². The molecule has 10 nitrogen and oxygen atoms in total. The number of ether oxygens (including phenoxy) is 1. The lowest BCUT2D eigenvalue weighted by atomic mass is 9.75. The molecule has 1 aliphatic heterocycles. The van der Waals surface area contributed by atoms with Gasteiger partial charge in [-0.15, -0.1) is 0 Å². The second-order valence-electron chi connectivity index (χ2n) is 29.9. The molecule has 100 heavy (non-hydrogen) atoms. The van der Waals surface area contributed by atoms with Gasteiger partial charge in [0.25, 0.3) is 0 Å². The van der Waals surface area contributed by atoms with Crippen molar-refractivity contribution in [3.05, 3.63) is 267 Å². The Kier molecular flexibility index (Phi) is 22.2. The average molecular weight is 1330 g/mol. The summed E-state index contributed by atoms with van der Waals surface area (Å²) in [5.41, 5.74) is 24.0. The maximum atomic E-state index is 12.4. The van der Waals surface area contributed by atoms with Crippen molar-refractivity contribution in [2.75, 3.05) is 13.2 Å². The number of rotatable bonds is 18. The van der Waals surface area contributed by atoms with Gasteiger partial charge >= 0.3 is 0 Å². The molecule has 0 amide bonds. The summed E-state index contributed by atoms with van der Waals surface area (Å²) in [6, 6.07) is 55.5. The molecule has 15 rings (SSSR count). The lowest BCUT2D eigenvalue weighted by molar-refractivity contribution is -0.124. The number of fused-ring (bicyclic) bond motifs is 3. The van der Waals surface area contributed by atoms with Crippen LogP contribution in [0.2, 0.25) is 0 Å². The van der Waals surface area contributed by atoms with Crippen LogP contribution in [-0.2, 0) is 40.0 Å². The number of Topliss-reactive ketones (excluding diaryl/α,β-unsaturated/α-hetero) is 3. The van der Waals surface area contributed by atoms with Gasteiger partial charge in [-0.25, -0.2) is 15.0 Å². The Morgan fingerprint density at radius 2 is 0.990 bits per heavy atom. The van der Waals surface area contributed by atoms with Crippen LogP contribution in [0.25, 0.3) is 45.0 Å². The smallest absolute Gasteiger partial charge is 0.172 e. The molecule has 3 fully saturated rings. The summed E-state index contributed by atoms with van der Waals surface area (Å²) in [6.45, 7) is 17.0. The first-order chi connectivity index (χ1) is 48.7. The Morgan fingerprint density at radius 3 is 1.46 bits per heavy atom. The number of aryl methyl sites for hydroxylation is 2. The number of aromatic nitrogens is 6. The Labute approximate surface area is 592 Å². The van der Waals surface area contributed by atoms with Crippen molar-refractivity contribution < 1.29 is 19.1 Å². The standard InChI is InChI=1S/C33H40N2.C32H36N2O.C25H24N2O3/c1-4-25-6-5-7-30(22-25)32-19-18-31(33-34-20-21-35(32)33)23-27-12-16-29(17-13-27)28-14-10-26(11-15-28)9-8-24(2)3;1-21(2)25-11-13-27(14-12-25)26-9-6-24(7-10-26)19-29-15-16-31(34-18-17-33-32(29)34)28-8-5-22(3)30(20-28)23(4)35;28-21-6-7-22(24(29)16-21)23-8-5-20(25-26-11-12-27(23)25)15-17-1-3-18(4-2-17)19-9-13-30-14-10-19/h5-7,12-13,16-22,24,26,28H,4,8-11,14-15,23H2,1-3H3;5-10,15-18,20-21,25,27H,11-14,19H2,1-4H3;1-5,7-8,11-12,19H,6,9-10,13-16H2. The summed E-state index contributed by atoms with van der Waals surface area (Å²) >= 11 is 0. The largest absolute Gasteiger partial charge is 0.381 e. The van der Waals surface area contributed by atoms with Crippen LogP contribution in [0.15, 0.2) is 195 Å². The van der Waals surface area contributed by atoms with E-state index in [4.69, 9.17) is 9.72 Å². The van der Waals surface area contributed by atoms with E-state index >= 15 is 0 Å². The molecule has 2 saturated carbocycles. The van der Waals surface area contributed by atoms with Crippen LogP contribution in [0, 0.1) is 30.6 Å². The third-order valence-corrected chi connectivity index (χ3v) is 22.4. The van der Waals surface area contributed by atoms with Crippen molar-refractivity contribution in [3.63, 3.8) is 0 Å². The Bertz CT molecular complexity index is 4660. The molecule has 5 aromatic carbocycles. The van der Waals surface area contributed by atoms with Crippen molar-refractivity contribution in [2.45, 2.75) is 182 Å². The first kappa shape index (κ1) is 69.4. The summed E-state index contributed by atoms with van der Waals surface area (Å²) < 4.78 is 11.8. The molecule has 0 radical (unpaired) electrons. The Morgan fingerprint density at radius 1 is 0.520 bits per heavy atom. The van der Waals surface area contributed by atoms with E-state index in [1.807, 2.05) is 54.3 Å². The van der Waals surface area contributed by atoms with E-state index in [-0.39, 0.29) is 23.8 Å². The highest BCUT2D eigenvalue weighted by molar-refractivity contribution is 6.28. The molecule has 0 unspecified atom stereocenters. The maximum Gasteiger partial charge on any atom is 0.172 e. The molecular formula is C90H100N6O4. The first-order valence-corrected chi connectivity index (χ1v) is 37.4. The van der Waals surface area contributed by atoms with E-state index < -0.39 is 0 Å². The second-order valence-corrected chi connectivity index (χ2v) is 29.9. The van der Waals surface area contributed by atoms with Gasteiger partial charge < -0.3 is 4.74 Å². The molecule has 0 N–H and O–H groups in total. The van der Waals surface area contributed by atoms with E-state index in [1.54, 1.807) is 19.2 Å². The SMILES string of the molecule is CC(=O)c1cc(-c2ccc(Cc3ccc(C4CCC(C(C)C)CC4)cc3)c3nccn23)ccc1C.CCc1cccc(-c2ccc(Cc3ccc(C4CCC(CCC(C)C)CC4)cc3)c3nccn23)c1.O=C1CC=C(c2ccc(Cc3ccc(C4CCOCC4)cc3)c3nccn23)C(=O)C1. The molecule has 3 aliphatic carbocycles. The molecular weight excluding hydrogens is 1230 g/mol. The van der Waals surface area contributed by atoms with E-state index in [0.717, 1.165) is 132 Å². The minimum Gasteiger partial charge on any atom is -0.381 e. The molecule has 0 bridgehead atoms. The lowest BCUT2D eigenvalue weighted by Gasteiger charge is -2.31. The highest BCUT2D eigenvalue weighted by atomic mass is 16.5. The lowest BCUT2D eigenvalue weighted by Crippen LogP contribution is -2.17. The van der Waals surface area contributed by atoms with Gasteiger partial charge in [0.2, 0.25) is 0 Å². The summed E-state index contributed by atoms with van der Waals surface area (Å²) in [5, 5.41) is 0. The van der Waals surface area contributed by atoms with Crippen LogP contribution in [0.1, 0.15) is 226 Å². The number of pyridine rings is 3. The van der Waals surface area contributed by atoms with Crippen LogP contribution in [0.3, 0.4) is 0 Å². The normalized spacial score (nSPS) is 18.3. The van der Waals surface area contributed by atoms with Crippen molar-refractivity contribution in [3.8, 4) is 22.5 Å². The highest BCUT2D eigenvalue weighted by Crippen LogP contribution is 2.41. The topological polar surface area (TPSA) is 112 Å². The predicted molar refractivity (Wildman–Crippen MR) is 407 cm³/mol. The van der Waals surface area contributed by atoms with Gasteiger partial charge in [0.15, 0.2) is 11.6 Å². The summed E-state index contributed by atoms with van der Waals surface area (Å²) in [5.74, 6) is 5.53. The molecule has 0 atom stereocenters. The monoisotopic (exact) mass is 1330 g/mol. The number of carbonyl (C=O) groups is 3. The van der Waals surface area contributed by atoms with Gasteiger partial charge in [-0.2, -0.15) is 0 Å². The molecule has 4 aliphatic rings. The molecule has 6 aromatic heterocycles. The number of nitrogens with zero attached hydrogens (tertiary/aromatic N) is 6. The minimum absolute atomic E-state index is 0.0107. The molecule has 7 heterocycles. The van der Waals surface area contributed by atoms with Crippen LogP contribution < -0.4 is 0 Å². The van der Waals surface area contributed by atoms with Crippen molar-refractivity contribution in [2.24, 2.45) is 23.7 Å². The van der Waals surface area contributed by atoms with Gasteiger partial charge in [0.1, 0.15) is 22.7 Å². The van der Waals surface area contributed by atoms with Crippen molar-refractivity contribution >= 4 is 39.9 Å². The Balaban J connectivity index is 0.000000135. The number of ketones is 3. The van der Waals surface area contributed by atoms with Gasteiger partial charge in [-0.05, 0) is 229 Å². The fourth-order valence-corrected chi connectivity index (χ4v) is 16.2. The maximum absolute atomic E-state index is 12.4. The predicted octanol–water partition coefficient (Wildman–Crippen LogP) is 21.0. The van der Waals surface area contributed by atoms with Crippen molar-refractivity contribution in [1.29, 1.82) is 0 Å². The second kappa shape index (κ2) is 32.0. The number of benzene rings is 5. The molecule has 1 saturated heterocycles. The van der Waals surface area contributed by atoms with Crippen LogP contribution >= 0.6 is 0 Å². The number of imidazole rings is 3. The van der Waals surface area contributed by atoms with E-state index in [2.05, 4.69) is 193 Å². The van der Waals surface area contributed by atoms with Gasteiger partial charge in [-0.3, -0.25) is 27.6 Å². The van der Waals surface area contributed by atoms with Gasteiger partial charge in [-0.1, -0.05) is 175 Å². The zero-order valence-electron chi connectivity index (χ0n) is 60.0. The number of hydrogen-bond acceptors (Lipinski definition) is 7. The molecule has 0 spiro atoms. The molecule has 10 heteroatoms. The third kappa shape index (κ3) is 16.4. The molecule has 514 valence electrons. The fourth-order valence-electron chi connectivity index (χ4n) is 16.2. The van der Waals surface area contributed by atoms with Crippen LogP contribution in [0.4, 0.5) is 0 Å². The number of hydrogen-bond donors (Lipinski definition) is 0. The quantitative estimate of drug-likeness (QED) is 0.0621. The van der Waals surface area contributed by atoms with Crippen molar-refractivity contribution in [1.82, 2.24) is 28.2 Å². The summed E-state index contributed by atoms with van der Waals surface area (Å²) in [4.78, 5) is 50.0. The van der Waals surface area contributed by atoms with Gasteiger partial charge in [0, 0.05) is 87.2 Å². The summed E-state index contributed by atoms with van der Waals surface area (Å²) in [7, 11) is 0. The zero-order valence-corrected chi connectivity index (χ0v) is 60.0. The zero-order chi connectivity index (χ0) is 69.2. The first-order valence-electron chi connectivity index (χ1n) is 37.4. The van der Waals surface area contributed by atoms with E-state index in [9.17, 15) is 14.4 Å². The third-order valence-electron chi connectivity index (χ3n) is 22.4. The minimum atomic E-state index is -0.113. The molecule has 11 aromatic rings. The highest BCUT2D eigenvalue weighted by Gasteiger charge is 2.27. The van der Waals surface area contributed by atoms with Crippen LogP contribution in [0.5, 0.6) is 0 Å². The number of allylic oxidation sites excluding steroid dienone is 2. The Hall–Kier alpha value is -9.12. The summed E-state index contributed by atoms with van der Waals surface area (Å²) in [6.07, 6.45) is 33.1. The number of carbonyl (C=O) groups excluding carboxylic acids is 3. The van der Waals surface area contributed by atoms with Gasteiger partial charge in [0.05, 0.1) is 23.5 Å². The van der Waals surface area contributed by atoms with E-state index in [0.29, 0.717) is 23.8 Å². The van der Waals surface area contributed by atoms with E-state index in [1.165, 1.54) is 126 Å².